The third-order valence-corrected chi connectivity index (χ3v) is 5.67. The van der Waals surface area contributed by atoms with Crippen molar-refractivity contribution in [3.63, 3.8) is 0 Å². The van der Waals surface area contributed by atoms with Crippen LogP contribution in [0.3, 0.4) is 0 Å². The smallest absolute Gasteiger partial charge is 0.266 e. The summed E-state index contributed by atoms with van der Waals surface area (Å²) in [4.78, 5) is 14.0. The van der Waals surface area contributed by atoms with Crippen LogP contribution in [0.25, 0.3) is 0 Å². The van der Waals surface area contributed by atoms with Gasteiger partial charge in [-0.05, 0) is 30.7 Å². The van der Waals surface area contributed by atoms with Gasteiger partial charge in [0.25, 0.3) is 10.0 Å². The maximum Gasteiger partial charge on any atom is 0.266 e. The Morgan fingerprint density at radius 2 is 1.67 bits per heavy atom. The van der Waals surface area contributed by atoms with E-state index in [1.165, 1.54) is 0 Å². The molecule has 0 bridgehead atoms. The molecule has 2 fully saturated rings. The van der Waals surface area contributed by atoms with E-state index in [0.717, 1.165) is 23.1 Å². The number of morpholine rings is 1. The second kappa shape index (κ2) is 5.65. The molecule has 6 nitrogen and oxygen atoms in total. The van der Waals surface area contributed by atoms with Crippen molar-refractivity contribution in [1.82, 2.24) is 4.31 Å². The minimum atomic E-state index is -3.69. The lowest BCUT2D eigenvalue weighted by atomic mass is 10.2. The molecule has 21 heavy (non-hydrogen) atoms. The van der Waals surface area contributed by atoms with E-state index in [-0.39, 0.29) is 17.3 Å². The highest BCUT2D eigenvalue weighted by atomic mass is 32.2. The van der Waals surface area contributed by atoms with Crippen LogP contribution in [0.2, 0.25) is 0 Å². The number of ether oxygens (including phenoxy) is 1. The highest BCUT2D eigenvalue weighted by molar-refractivity contribution is 7.89. The van der Waals surface area contributed by atoms with E-state index < -0.39 is 10.0 Å². The van der Waals surface area contributed by atoms with Crippen molar-refractivity contribution in [3.8, 4) is 0 Å². The fraction of sp³-hybridized carbons (Fsp3) is 0.500. The number of hydrogen-bond acceptors (Lipinski definition) is 5. The van der Waals surface area contributed by atoms with Gasteiger partial charge < -0.3 is 9.64 Å². The Morgan fingerprint density at radius 1 is 1.00 bits per heavy atom. The molecule has 2 heterocycles. The van der Waals surface area contributed by atoms with Gasteiger partial charge in [0.05, 0.1) is 18.1 Å². The SMILES string of the molecule is O=C1CCCN1S(=O)(=O)c1ccc(N2CCOCC2)cc1. The Bertz CT molecular complexity index is 621. The lowest BCUT2D eigenvalue weighted by Gasteiger charge is -2.29. The van der Waals surface area contributed by atoms with E-state index in [9.17, 15) is 13.2 Å². The monoisotopic (exact) mass is 310 g/mol. The van der Waals surface area contributed by atoms with Gasteiger partial charge in [0.15, 0.2) is 0 Å². The maximum atomic E-state index is 12.4. The molecule has 0 unspecified atom stereocenters. The Morgan fingerprint density at radius 3 is 2.24 bits per heavy atom. The molecule has 0 atom stereocenters. The average molecular weight is 310 g/mol. The van der Waals surface area contributed by atoms with Crippen molar-refractivity contribution in [1.29, 1.82) is 0 Å². The van der Waals surface area contributed by atoms with Crippen LogP contribution >= 0.6 is 0 Å². The minimum absolute atomic E-state index is 0.176. The van der Waals surface area contributed by atoms with Crippen LogP contribution in [0, 0.1) is 0 Å². The molecule has 0 aromatic heterocycles. The number of carbonyl (C=O) groups excluding carboxylic acids is 1. The summed E-state index contributed by atoms with van der Waals surface area (Å²) in [6, 6.07) is 6.73. The average Bonchev–Trinajstić information content (AvgIpc) is 2.95. The van der Waals surface area contributed by atoms with Gasteiger partial charge in [-0.15, -0.1) is 0 Å². The molecule has 0 N–H and O–H groups in total. The third-order valence-electron chi connectivity index (χ3n) is 3.83. The molecule has 2 aliphatic rings. The summed E-state index contributed by atoms with van der Waals surface area (Å²) >= 11 is 0. The van der Waals surface area contributed by atoms with Crippen molar-refractivity contribution in [3.05, 3.63) is 24.3 Å². The second-order valence-electron chi connectivity index (χ2n) is 5.17. The molecule has 1 aromatic carbocycles. The number of nitrogens with zero attached hydrogens (tertiary/aromatic N) is 2. The molecule has 0 radical (unpaired) electrons. The van der Waals surface area contributed by atoms with Crippen molar-refractivity contribution in [2.75, 3.05) is 37.7 Å². The number of rotatable bonds is 3. The summed E-state index contributed by atoms with van der Waals surface area (Å²) in [5.41, 5.74) is 0.977. The van der Waals surface area contributed by atoms with E-state index in [1.54, 1.807) is 24.3 Å². The molecule has 0 spiro atoms. The van der Waals surface area contributed by atoms with Crippen molar-refractivity contribution in [2.24, 2.45) is 0 Å². The fourth-order valence-corrected chi connectivity index (χ4v) is 4.12. The van der Waals surface area contributed by atoms with Gasteiger partial charge in [0.2, 0.25) is 5.91 Å². The zero-order valence-corrected chi connectivity index (χ0v) is 12.5. The van der Waals surface area contributed by atoms with Crippen LogP contribution in [0.5, 0.6) is 0 Å². The topological polar surface area (TPSA) is 66.9 Å². The first-order valence-electron chi connectivity index (χ1n) is 7.07. The molecule has 0 aliphatic carbocycles. The standard InChI is InChI=1S/C14H18N2O4S/c17-14-2-1-7-16(14)21(18,19)13-5-3-12(4-6-13)15-8-10-20-11-9-15/h3-6H,1-2,7-11H2. The molecule has 7 heteroatoms. The molecule has 2 saturated heterocycles. The van der Waals surface area contributed by atoms with Crippen molar-refractivity contribution < 1.29 is 17.9 Å². The molecule has 114 valence electrons. The van der Waals surface area contributed by atoms with E-state index in [1.807, 2.05) is 0 Å². The van der Waals surface area contributed by atoms with E-state index in [2.05, 4.69) is 4.90 Å². The van der Waals surface area contributed by atoms with Crippen LogP contribution < -0.4 is 4.90 Å². The van der Waals surface area contributed by atoms with Gasteiger partial charge >= 0.3 is 0 Å². The minimum Gasteiger partial charge on any atom is -0.378 e. The molecule has 3 rings (SSSR count). The quantitative estimate of drug-likeness (QED) is 0.827. The lowest BCUT2D eigenvalue weighted by molar-refractivity contribution is -0.123. The van der Waals surface area contributed by atoms with Gasteiger partial charge in [-0.25, -0.2) is 12.7 Å². The Kier molecular flexibility index (Phi) is 3.86. The number of amides is 1. The molecule has 2 aliphatic heterocycles. The van der Waals surface area contributed by atoms with E-state index in [4.69, 9.17) is 4.74 Å². The van der Waals surface area contributed by atoms with Gasteiger partial charge in [0.1, 0.15) is 0 Å². The molecule has 1 amide bonds. The van der Waals surface area contributed by atoms with Crippen LogP contribution in [-0.2, 0) is 19.6 Å². The summed E-state index contributed by atoms with van der Waals surface area (Å²) < 4.78 is 31.1. The van der Waals surface area contributed by atoms with Gasteiger partial charge in [-0.3, -0.25) is 4.79 Å². The van der Waals surface area contributed by atoms with E-state index in [0.29, 0.717) is 26.1 Å². The van der Waals surface area contributed by atoms with Crippen molar-refractivity contribution in [2.45, 2.75) is 17.7 Å². The van der Waals surface area contributed by atoms with E-state index >= 15 is 0 Å². The predicted octanol–water partition coefficient (Wildman–Crippen LogP) is 0.834. The predicted molar refractivity (Wildman–Crippen MR) is 77.6 cm³/mol. The van der Waals surface area contributed by atoms with Gasteiger partial charge in [-0.1, -0.05) is 0 Å². The summed E-state index contributed by atoms with van der Waals surface area (Å²) in [6.07, 6.45) is 0.912. The van der Waals surface area contributed by atoms with Crippen LogP contribution in [0.4, 0.5) is 5.69 Å². The zero-order chi connectivity index (χ0) is 14.9. The van der Waals surface area contributed by atoms with Gasteiger partial charge in [0, 0.05) is 31.7 Å². The van der Waals surface area contributed by atoms with Crippen LogP contribution in [-0.4, -0.2) is 51.5 Å². The first kappa shape index (κ1) is 14.3. The lowest BCUT2D eigenvalue weighted by Crippen LogP contribution is -2.36. The molecule has 1 aromatic rings. The Labute approximate surface area is 124 Å². The van der Waals surface area contributed by atoms with Crippen LogP contribution in [0.15, 0.2) is 29.2 Å². The zero-order valence-electron chi connectivity index (χ0n) is 11.7. The molecular weight excluding hydrogens is 292 g/mol. The number of sulfonamides is 1. The first-order valence-corrected chi connectivity index (χ1v) is 8.51. The number of carbonyl (C=O) groups is 1. The second-order valence-corrected chi connectivity index (χ2v) is 7.03. The Balaban J connectivity index is 1.81. The number of benzene rings is 1. The summed E-state index contributed by atoms with van der Waals surface area (Å²) in [7, 11) is -3.69. The normalized spacial score (nSPS) is 20.1. The van der Waals surface area contributed by atoms with Crippen LogP contribution in [0.1, 0.15) is 12.8 Å². The highest BCUT2D eigenvalue weighted by Crippen LogP contribution is 2.24. The van der Waals surface area contributed by atoms with Gasteiger partial charge in [-0.2, -0.15) is 0 Å². The molecular formula is C14H18N2O4S. The fourth-order valence-electron chi connectivity index (χ4n) is 2.66. The first-order chi connectivity index (χ1) is 10.1. The number of hydrogen-bond donors (Lipinski definition) is 0. The summed E-state index contributed by atoms with van der Waals surface area (Å²) in [6.45, 7) is 3.25. The summed E-state index contributed by atoms with van der Waals surface area (Å²) in [5.74, 6) is -0.313. The highest BCUT2D eigenvalue weighted by Gasteiger charge is 2.32. The number of anilines is 1. The molecule has 0 saturated carbocycles. The Hall–Kier alpha value is -1.60. The largest absolute Gasteiger partial charge is 0.378 e. The van der Waals surface area contributed by atoms with Crippen molar-refractivity contribution >= 4 is 21.6 Å². The third kappa shape index (κ3) is 2.75. The maximum absolute atomic E-state index is 12.4. The summed E-state index contributed by atoms with van der Waals surface area (Å²) in [5, 5.41) is 0.